The van der Waals surface area contributed by atoms with E-state index in [2.05, 4.69) is 130 Å². The Kier molecular flexibility index (Phi) is 7.41. The summed E-state index contributed by atoms with van der Waals surface area (Å²) in [5.74, 6) is -0.193. The molecule has 1 heterocycles. The molecule has 5 aromatic rings. The van der Waals surface area contributed by atoms with Crippen LogP contribution < -0.4 is 0 Å². The zero-order chi connectivity index (χ0) is 24.6. The largest absolute Gasteiger partial charge is 0.207 e. The van der Waals surface area contributed by atoms with Crippen LogP contribution >= 0.6 is 79.6 Å². The lowest BCUT2D eigenvalue weighted by Gasteiger charge is -2.19. The van der Waals surface area contributed by atoms with E-state index in [1.165, 1.54) is 52.5 Å². The van der Waals surface area contributed by atoms with E-state index in [0.717, 1.165) is 0 Å². The highest BCUT2D eigenvalue weighted by atomic mass is 127. The first-order chi connectivity index (χ1) is 17.5. The summed E-state index contributed by atoms with van der Waals surface area (Å²) in [6.45, 7) is 0. The molecule has 0 nitrogen and oxygen atoms in total. The van der Waals surface area contributed by atoms with Crippen LogP contribution in [0.4, 0.5) is 4.39 Å². The van der Waals surface area contributed by atoms with Crippen LogP contribution in [0, 0.1) is 13.0 Å². The Morgan fingerprint density at radius 3 is 1.36 bits per heavy atom. The Bertz CT molecular complexity index is 1450. The molecule has 0 amide bonds. The smallest absolute Gasteiger partial charge is 0.123 e. The predicted molar refractivity (Wildman–Crippen MR) is 169 cm³/mol. The molecule has 0 aromatic heterocycles. The van der Waals surface area contributed by atoms with Crippen molar-refractivity contribution >= 4 is 79.6 Å². The molecule has 0 unspecified atom stereocenters. The third kappa shape index (κ3) is 5.25. The minimum Gasteiger partial charge on any atom is -0.207 e. The predicted octanol–water partition coefficient (Wildman–Crippen LogP) is 10.8. The molecule has 0 spiro atoms. The third-order valence-corrected chi connectivity index (χ3v) is 11.9. The lowest BCUT2D eigenvalue weighted by atomic mass is 10.1. The molecule has 178 valence electrons. The van der Waals surface area contributed by atoms with E-state index in [9.17, 15) is 4.39 Å². The Balaban J connectivity index is 1.42. The molecule has 0 saturated carbocycles. The van der Waals surface area contributed by atoms with Gasteiger partial charge in [-0.2, -0.15) is 10.9 Å². The van der Waals surface area contributed by atoms with Crippen molar-refractivity contribution in [1.82, 2.24) is 0 Å². The molecule has 0 bridgehead atoms. The number of fused-ring (bicyclic) bond motifs is 3. The van der Waals surface area contributed by atoms with E-state index < -0.39 is 10.9 Å². The highest BCUT2D eigenvalue weighted by Crippen LogP contribution is 2.63. The summed E-state index contributed by atoms with van der Waals surface area (Å²) in [4.78, 5) is 8.79. The molecule has 6 heteroatoms. The molecule has 0 radical (unpaired) electrons. The standard InChI is InChI=1S/C30H19FI2S3/c31-19-1-13-26(14-2-19)36-29-15-11-24(34-22-7-3-20(32)4-8-22)17-27(29)28-18-25(12-16-30(28)36)35-23-9-5-21(33)6-10-23/h1-18,36H. The van der Waals surface area contributed by atoms with Gasteiger partial charge in [-0.25, -0.2) is 4.39 Å². The number of hydrogen-bond donors (Lipinski definition) is 1. The van der Waals surface area contributed by atoms with Gasteiger partial charge in [-0.3, -0.25) is 0 Å². The Morgan fingerprint density at radius 1 is 0.500 bits per heavy atom. The van der Waals surface area contributed by atoms with Crippen LogP contribution in [0.2, 0.25) is 0 Å². The number of benzene rings is 5. The third-order valence-electron chi connectivity index (χ3n) is 5.89. The highest BCUT2D eigenvalue weighted by molar-refractivity contribution is 14.1. The van der Waals surface area contributed by atoms with Gasteiger partial charge in [-0.05, 0) is 170 Å². The zero-order valence-electron chi connectivity index (χ0n) is 18.8. The minimum atomic E-state index is -0.723. The Labute approximate surface area is 249 Å². The second kappa shape index (κ2) is 10.7. The van der Waals surface area contributed by atoms with Crippen LogP contribution in [0.5, 0.6) is 0 Å². The van der Waals surface area contributed by atoms with Crippen molar-refractivity contribution in [3.63, 3.8) is 0 Å². The van der Waals surface area contributed by atoms with Crippen molar-refractivity contribution in [2.24, 2.45) is 0 Å². The average Bonchev–Trinajstić information content (AvgIpc) is 3.20. The molecule has 0 atom stereocenters. The molecule has 6 rings (SSSR count). The van der Waals surface area contributed by atoms with Crippen LogP contribution in [0.3, 0.4) is 0 Å². The highest BCUT2D eigenvalue weighted by Gasteiger charge is 2.28. The SMILES string of the molecule is Fc1ccc([SH]2c3ccc(Sc4ccc(I)cc4)cc3-c3cc(Sc4ccc(I)cc4)ccc32)cc1. The molecule has 5 aromatic carbocycles. The van der Waals surface area contributed by atoms with Crippen molar-refractivity contribution in [3.8, 4) is 11.1 Å². The molecular weight excluding hydrogens is 729 g/mol. The first-order valence-electron chi connectivity index (χ1n) is 11.2. The van der Waals surface area contributed by atoms with E-state index in [4.69, 9.17) is 0 Å². The second-order valence-electron chi connectivity index (χ2n) is 8.28. The summed E-state index contributed by atoms with van der Waals surface area (Å²) in [7, 11) is -0.723. The maximum Gasteiger partial charge on any atom is 0.123 e. The van der Waals surface area contributed by atoms with Gasteiger partial charge in [0.25, 0.3) is 0 Å². The summed E-state index contributed by atoms with van der Waals surface area (Å²) in [6.07, 6.45) is 0. The lowest BCUT2D eigenvalue weighted by Crippen LogP contribution is -1.84. The fraction of sp³-hybridized carbons (Fsp3) is 0. The Hall–Kier alpha value is -1.46. The van der Waals surface area contributed by atoms with E-state index >= 15 is 0 Å². The maximum absolute atomic E-state index is 13.7. The molecule has 0 saturated heterocycles. The van der Waals surface area contributed by atoms with E-state index in [-0.39, 0.29) is 5.82 Å². The summed E-state index contributed by atoms with van der Waals surface area (Å²) >= 11 is 8.27. The van der Waals surface area contributed by atoms with Crippen LogP contribution in [0.1, 0.15) is 0 Å². The number of hydrogen-bond acceptors (Lipinski definition) is 2. The van der Waals surface area contributed by atoms with E-state index in [1.54, 1.807) is 35.7 Å². The van der Waals surface area contributed by atoms with Gasteiger partial charge in [0.15, 0.2) is 0 Å². The van der Waals surface area contributed by atoms with Crippen LogP contribution in [-0.4, -0.2) is 0 Å². The quantitative estimate of drug-likeness (QED) is 0.138. The van der Waals surface area contributed by atoms with Gasteiger partial charge in [-0.15, -0.1) is 0 Å². The zero-order valence-corrected chi connectivity index (χ0v) is 25.6. The summed E-state index contributed by atoms with van der Waals surface area (Å²) < 4.78 is 16.2. The van der Waals surface area contributed by atoms with Gasteiger partial charge in [-0.1, -0.05) is 23.5 Å². The fourth-order valence-corrected chi connectivity index (χ4v) is 9.25. The minimum absolute atomic E-state index is 0.193. The van der Waals surface area contributed by atoms with Gasteiger partial charge in [0.05, 0.1) is 0 Å². The summed E-state index contributed by atoms with van der Waals surface area (Å²) in [5, 5.41) is 0. The summed E-state index contributed by atoms with van der Waals surface area (Å²) in [5.41, 5.74) is 2.59. The van der Waals surface area contributed by atoms with Crippen LogP contribution in [0.25, 0.3) is 11.1 Å². The van der Waals surface area contributed by atoms with Gasteiger partial charge in [0.1, 0.15) is 5.82 Å². The normalized spacial score (nSPS) is 12.9. The Morgan fingerprint density at radius 2 is 0.917 bits per heavy atom. The molecule has 0 fully saturated rings. The fourth-order valence-electron chi connectivity index (χ4n) is 4.25. The number of halogens is 3. The summed E-state index contributed by atoms with van der Waals surface area (Å²) in [6, 6.07) is 38.0. The van der Waals surface area contributed by atoms with Crippen molar-refractivity contribution in [2.75, 3.05) is 0 Å². The molecule has 0 N–H and O–H groups in total. The van der Waals surface area contributed by atoms with Gasteiger partial charge in [0.2, 0.25) is 0 Å². The first-order valence-corrected chi connectivity index (χ1v) is 16.4. The average molecular weight is 748 g/mol. The van der Waals surface area contributed by atoms with Crippen molar-refractivity contribution in [3.05, 3.63) is 122 Å². The molecule has 1 aliphatic rings. The first kappa shape index (κ1) is 24.9. The van der Waals surface area contributed by atoms with Crippen molar-refractivity contribution in [2.45, 2.75) is 34.3 Å². The number of thiol groups is 1. The van der Waals surface area contributed by atoms with Crippen molar-refractivity contribution < 1.29 is 4.39 Å². The van der Waals surface area contributed by atoms with Gasteiger partial charge in [0, 0.05) is 36.5 Å². The van der Waals surface area contributed by atoms with Crippen LogP contribution in [-0.2, 0) is 0 Å². The number of rotatable bonds is 5. The monoisotopic (exact) mass is 748 g/mol. The van der Waals surface area contributed by atoms with Gasteiger partial charge < -0.3 is 0 Å². The topological polar surface area (TPSA) is 0 Å². The maximum atomic E-state index is 13.7. The van der Waals surface area contributed by atoms with E-state index in [1.807, 2.05) is 12.1 Å². The van der Waals surface area contributed by atoms with Gasteiger partial charge >= 0.3 is 0 Å². The molecule has 1 aliphatic heterocycles. The van der Waals surface area contributed by atoms with E-state index in [0.29, 0.717) is 0 Å². The van der Waals surface area contributed by atoms with Crippen LogP contribution in [0.15, 0.2) is 143 Å². The molecule has 36 heavy (non-hydrogen) atoms. The lowest BCUT2D eigenvalue weighted by molar-refractivity contribution is 0.626. The van der Waals surface area contributed by atoms with Crippen molar-refractivity contribution in [1.29, 1.82) is 0 Å². The molecule has 0 aliphatic carbocycles. The second-order valence-corrected chi connectivity index (χ2v) is 15.2. The molecular formula is C30H19FI2S3.